The van der Waals surface area contributed by atoms with Crippen molar-refractivity contribution in [2.75, 3.05) is 19.7 Å². The Morgan fingerprint density at radius 3 is 1.21 bits per heavy atom. The third kappa shape index (κ3) is 26.7. The molecular weight excluding hydrogens is 298 g/mol. The molecule has 0 saturated carbocycles. The first-order valence-corrected chi connectivity index (χ1v) is 10.6. The van der Waals surface area contributed by atoms with E-state index in [9.17, 15) is 0 Å². The topological polar surface area (TPSA) is 84.3 Å². The van der Waals surface area contributed by atoms with Gasteiger partial charge in [-0.25, -0.2) is 0 Å². The third-order valence-corrected chi connectivity index (χ3v) is 4.50. The molecule has 0 bridgehead atoms. The first-order valence-electron chi connectivity index (χ1n) is 10.6. The van der Waals surface area contributed by atoms with Crippen LogP contribution in [0, 0.1) is 0 Å². The zero-order chi connectivity index (χ0) is 18.1. The average molecular weight is 346 g/mol. The van der Waals surface area contributed by atoms with Gasteiger partial charge < -0.3 is 10.4 Å². The summed E-state index contributed by atoms with van der Waals surface area (Å²) < 4.78 is 0. The van der Waals surface area contributed by atoms with E-state index in [4.69, 9.17) is 5.11 Å². The summed E-state index contributed by atoms with van der Waals surface area (Å²) in [6.45, 7) is 4.37. The number of nitrogens with two attached hydrogens (primary N) is 2. The van der Waals surface area contributed by atoms with Gasteiger partial charge in [-0.1, -0.05) is 103 Å². The number of nitrogens with one attached hydrogen (secondary N) is 1. The van der Waals surface area contributed by atoms with Crippen LogP contribution in [0.15, 0.2) is 0 Å². The number of unbranched alkanes of at least 4 members (excludes halogenated alkanes) is 15. The van der Waals surface area contributed by atoms with Crippen LogP contribution in [0.2, 0.25) is 0 Å². The Morgan fingerprint density at radius 2 is 0.875 bits per heavy atom. The molecule has 0 radical (unpaired) electrons. The number of hydrazine groups is 1. The van der Waals surface area contributed by atoms with E-state index < -0.39 is 0 Å². The normalized spacial score (nSPS) is 10.5. The summed E-state index contributed by atoms with van der Waals surface area (Å²) in [5, 5.41) is 11.9. The van der Waals surface area contributed by atoms with Crippen molar-refractivity contribution in [2.45, 2.75) is 110 Å². The molecule has 0 rings (SSSR count). The molecule has 0 aromatic carbocycles. The molecule has 6 N–H and O–H groups in total. The minimum atomic E-state index is 0.263. The highest BCUT2D eigenvalue weighted by Crippen LogP contribution is 2.13. The fourth-order valence-corrected chi connectivity index (χ4v) is 3.00. The van der Waals surface area contributed by atoms with Gasteiger partial charge in [0.15, 0.2) is 0 Å². The molecule has 0 aliphatic heterocycles. The van der Waals surface area contributed by atoms with E-state index in [1.807, 2.05) is 0 Å². The van der Waals surface area contributed by atoms with Crippen molar-refractivity contribution < 1.29 is 5.11 Å². The minimum absolute atomic E-state index is 0.263. The van der Waals surface area contributed by atoms with Gasteiger partial charge >= 0.3 is 0 Å². The lowest BCUT2D eigenvalue weighted by molar-refractivity contribution is 0.292. The van der Waals surface area contributed by atoms with Crippen LogP contribution < -0.4 is 17.0 Å². The summed E-state index contributed by atoms with van der Waals surface area (Å²) in [5.74, 6) is 8.00. The zero-order valence-electron chi connectivity index (χ0n) is 16.5. The van der Waals surface area contributed by atoms with Gasteiger partial charge in [0.05, 0.1) is 6.61 Å². The number of rotatable bonds is 19. The van der Waals surface area contributed by atoms with Gasteiger partial charge in [-0.15, -0.1) is 0 Å². The van der Waals surface area contributed by atoms with Gasteiger partial charge in [0.2, 0.25) is 0 Å². The fourth-order valence-electron chi connectivity index (χ4n) is 3.00. The molecular formula is C20H47N3O. The quantitative estimate of drug-likeness (QED) is 0.156. The lowest BCUT2D eigenvalue weighted by Crippen LogP contribution is -2.19. The van der Waals surface area contributed by atoms with Crippen molar-refractivity contribution in [3.8, 4) is 0 Å². The van der Waals surface area contributed by atoms with Crippen LogP contribution in [0.3, 0.4) is 0 Å². The Balaban J connectivity index is 0. The molecule has 0 aliphatic rings. The summed E-state index contributed by atoms with van der Waals surface area (Å²) in [6, 6.07) is 0. The largest absolute Gasteiger partial charge is 0.395 e. The Labute approximate surface area is 152 Å². The maximum absolute atomic E-state index is 8.64. The molecule has 0 aromatic rings. The Bertz CT molecular complexity index is 172. The maximum atomic E-state index is 8.64. The second-order valence-electron chi connectivity index (χ2n) is 6.78. The molecule has 0 fully saturated rings. The predicted octanol–water partition coefficient (Wildman–Crippen LogP) is 4.65. The second-order valence-corrected chi connectivity index (χ2v) is 6.78. The lowest BCUT2D eigenvalue weighted by Gasteiger charge is -2.04. The molecule has 24 heavy (non-hydrogen) atoms. The highest BCUT2D eigenvalue weighted by molar-refractivity contribution is 4.51. The van der Waals surface area contributed by atoms with Crippen molar-refractivity contribution in [3.63, 3.8) is 0 Å². The smallest absolute Gasteiger partial charge is 0.0555 e. The van der Waals surface area contributed by atoms with E-state index >= 15 is 0 Å². The van der Waals surface area contributed by atoms with Gasteiger partial charge in [-0.3, -0.25) is 11.7 Å². The standard InChI is InChI=1S/C20H43NO.H4N2/c1-2-3-4-5-6-7-8-9-10-11-12-13-14-15-16-17-18-21-19-20-22;1-2/h21-22H,2-20H2,1H3;1-2H2. The van der Waals surface area contributed by atoms with Gasteiger partial charge in [-0.2, -0.15) is 0 Å². The van der Waals surface area contributed by atoms with E-state index in [1.54, 1.807) is 0 Å². The molecule has 4 nitrogen and oxygen atoms in total. The fraction of sp³-hybridized carbons (Fsp3) is 1.00. The van der Waals surface area contributed by atoms with E-state index in [1.165, 1.54) is 103 Å². The zero-order valence-corrected chi connectivity index (χ0v) is 16.5. The van der Waals surface area contributed by atoms with Gasteiger partial charge in [0.1, 0.15) is 0 Å². The van der Waals surface area contributed by atoms with E-state index in [-0.39, 0.29) is 6.61 Å². The summed E-state index contributed by atoms with van der Waals surface area (Å²) in [4.78, 5) is 0. The van der Waals surface area contributed by atoms with Crippen LogP contribution in [0.5, 0.6) is 0 Å². The van der Waals surface area contributed by atoms with Crippen molar-refractivity contribution in [1.29, 1.82) is 0 Å². The number of hydrogen-bond acceptors (Lipinski definition) is 4. The number of aliphatic hydroxyl groups is 1. The molecule has 0 saturated heterocycles. The second kappa shape index (κ2) is 27.7. The van der Waals surface area contributed by atoms with Crippen LogP contribution in [0.25, 0.3) is 0 Å². The minimum Gasteiger partial charge on any atom is -0.395 e. The van der Waals surface area contributed by atoms with E-state index in [2.05, 4.69) is 23.9 Å². The highest BCUT2D eigenvalue weighted by Gasteiger charge is 1.94. The van der Waals surface area contributed by atoms with E-state index in [0.717, 1.165) is 13.1 Å². The van der Waals surface area contributed by atoms with Crippen molar-refractivity contribution in [1.82, 2.24) is 5.32 Å². The molecule has 0 heterocycles. The Kier molecular flexibility index (Phi) is 30.1. The highest BCUT2D eigenvalue weighted by atomic mass is 16.3. The summed E-state index contributed by atoms with van der Waals surface area (Å²) in [6.07, 6.45) is 22.8. The third-order valence-electron chi connectivity index (χ3n) is 4.50. The molecule has 148 valence electrons. The first kappa shape index (κ1) is 26.1. The number of hydrogen-bond donors (Lipinski definition) is 4. The van der Waals surface area contributed by atoms with Gasteiger partial charge in [0, 0.05) is 6.54 Å². The Morgan fingerprint density at radius 1 is 0.542 bits per heavy atom. The van der Waals surface area contributed by atoms with Crippen LogP contribution in [-0.2, 0) is 0 Å². The predicted molar refractivity (Wildman–Crippen MR) is 108 cm³/mol. The maximum Gasteiger partial charge on any atom is 0.0555 e. The molecule has 0 atom stereocenters. The Hall–Kier alpha value is -0.160. The van der Waals surface area contributed by atoms with E-state index in [0.29, 0.717) is 0 Å². The van der Waals surface area contributed by atoms with Crippen molar-refractivity contribution >= 4 is 0 Å². The van der Waals surface area contributed by atoms with Crippen molar-refractivity contribution in [3.05, 3.63) is 0 Å². The average Bonchev–Trinajstić information content (AvgIpc) is 2.62. The van der Waals surface area contributed by atoms with Crippen LogP contribution >= 0.6 is 0 Å². The summed E-state index contributed by atoms with van der Waals surface area (Å²) >= 11 is 0. The molecule has 4 heteroatoms. The summed E-state index contributed by atoms with van der Waals surface area (Å²) in [7, 11) is 0. The molecule has 0 unspecified atom stereocenters. The van der Waals surface area contributed by atoms with Crippen molar-refractivity contribution in [2.24, 2.45) is 11.7 Å². The molecule has 0 aliphatic carbocycles. The van der Waals surface area contributed by atoms with Crippen LogP contribution in [0.4, 0.5) is 0 Å². The SMILES string of the molecule is CCCCCCCCCCCCCCCCCCNCCO.NN. The molecule has 0 amide bonds. The van der Waals surface area contributed by atoms with Gasteiger partial charge in [0.25, 0.3) is 0 Å². The molecule has 0 aromatic heterocycles. The lowest BCUT2D eigenvalue weighted by atomic mass is 10.0. The number of aliphatic hydroxyl groups excluding tert-OH is 1. The van der Waals surface area contributed by atoms with Crippen LogP contribution in [-0.4, -0.2) is 24.8 Å². The van der Waals surface area contributed by atoms with Gasteiger partial charge in [-0.05, 0) is 13.0 Å². The monoisotopic (exact) mass is 345 g/mol. The summed E-state index contributed by atoms with van der Waals surface area (Å²) in [5.41, 5.74) is 0. The van der Waals surface area contributed by atoms with Crippen LogP contribution in [0.1, 0.15) is 110 Å². The first-order chi connectivity index (χ1) is 11.9. The molecule has 0 spiro atoms.